The van der Waals surface area contributed by atoms with Gasteiger partial charge in [0.25, 0.3) is 5.69 Å². The molecule has 0 aliphatic heterocycles. The van der Waals surface area contributed by atoms with Gasteiger partial charge in [0.2, 0.25) is 21.8 Å². The summed E-state index contributed by atoms with van der Waals surface area (Å²) in [6.07, 6.45) is 1.68. The second kappa shape index (κ2) is 14.5. The summed E-state index contributed by atoms with van der Waals surface area (Å²) in [6, 6.07) is 16.6. The molecule has 13 heteroatoms. The number of benzene rings is 3. The van der Waals surface area contributed by atoms with Gasteiger partial charge in [-0.05, 0) is 36.6 Å². The Kier molecular flexibility index (Phi) is 11.3. The van der Waals surface area contributed by atoms with Crippen LogP contribution in [0.5, 0.6) is 0 Å². The molecule has 0 aromatic heterocycles. The first kappa shape index (κ1) is 32.8. The maximum Gasteiger partial charge on any atom is 0.271 e. The molecular weight excluding hydrogens is 603 g/mol. The number of carbonyl (C=O) groups excluding carboxylic acids is 2. The van der Waals surface area contributed by atoms with Crippen molar-refractivity contribution in [3.8, 4) is 0 Å². The first-order valence-corrected chi connectivity index (χ1v) is 15.7. The molecule has 0 saturated heterocycles. The first-order chi connectivity index (χ1) is 19.8. The van der Waals surface area contributed by atoms with Crippen LogP contribution in [0.25, 0.3) is 0 Å². The standard InChI is InChI=1S/C29H32Cl2N4O6S/c1-4-15-32-29(37)27(16-21-9-6-5-7-10-21)33(18-23-24(30)11-8-12-25(23)31)28(36)19-34(42(3,40)41)26-17-22(35(38)39)14-13-20(26)2/h5-14,17,27H,4,15-16,18-19H2,1-3H3,(H,32,37)/t27-/m0/s1. The lowest BCUT2D eigenvalue weighted by molar-refractivity contribution is -0.384. The number of nitro groups is 1. The van der Waals surface area contributed by atoms with Crippen molar-refractivity contribution < 1.29 is 22.9 Å². The Bertz CT molecular complexity index is 1530. The number of carbonyl (C=O) groups is 2. The molecule has 0 spiro atoms. The minimum Gasteiger partial charge on any atom is -0.354 e. The molecule has 0 radical (unpaired) electrons. The van der Waals surface area contributed by atoms with E-state index in [9.17, 15) is 28.1 Å². The summed E-state index contributed by atoms with van der Waals surface area (Å²) in [5.74, 6) is -1.16. The van der Waals surface area contributed by atoms with Crippen LogP contribution in [0.2, 0.25) is 10.0 Å². The highest BCUT2D eigenvalue weighted by atomic mass is 35.5. The Morgan fingerprint density at radius 3 is 2.24 bits per heavy atom. The van der Waals surface area contributed by atoms with Crippen molar-refractivity contribution >= 4 is 56.4 Å². The van der Waals surface area contributed by atoms with Crippen LogP contribution in [-0.2, 0) is 32.6 Å². The molecule has 0 heterocycles. The topological polar surface area (TPSA) is 130 Å². The van der Waals surface area contributed by atoms with Crippen molar-refractivity contribution in [3.05, 3.63) is 104 Å². The highest BCUT2D eigenvalue weighted by molar-refractivity contribution is 7.92. The van der Waals surface area contributed by atoms with Crippen molar-refractivity contribution in [1.29, 1.82) is 0 Å². The molecule has 1 N–H and O–H groups in total. The molecule has 42 heavy (non-hydrogen) atoms. The Labute approximate surface area is 255 Å². The van der Waals surface area contributed by atoms with E-state index >= 15 is 0 Å². The van der Waals surface area contributed by atoms with Crippen LogP contribution in [0.1, 0.15) is 30.0 Å². The van der Waals surface area contributed by atoms with Gasteiger partial charge in [-0.15, -0.1) is 0 Å². The number of nitrogens with zero attached hydrogens (tertiary/aromatic N) is 3. The number of sulfonamides is 1. The van der Waals surface area contributed by atoms with Crippen molar-refractivity contribution in [2.24, 2.45) is 0 Å². The van der Waals surface area contributed by atoms with E-state index in [2.05, 4.69) is 5.32 Å². The van der Waals surface area contributed by atoms with Gasteiger partial charge in [-0.25, -0.2) is 8.42 Å². The number of anilines is 1. The summed E-state index contributed by atoms with van der Waals surface area (Å²) >= 11 is 12.9. The Morgan fingerprint density at radius 2 is 1.67 bits per heavy atom. The summed E-state index contributed by atoms with van der Waals surface area (Å²) in [4.78, 5) is 39.8. The van der Waals surface area contributed by atoms with E-state index in [1.807, 2.05) is 37.3 Å². The van der Waals surface area contributed by atoms with E-state index in [-0.39, 0.29) is 34.4 Å². The zero-order chi connectivity index (χ0) is 31.0. The smallest absolute Gasteiger partial charge is 0.271 e. The summed E-state index contributed by atoms with van der Waals surface area (Å²) in [7, 11) is -4.11. The van der Waals surface area contributed by atoms with Gasteiger partial charge in [0.15, 0.2) is 0 Å². The molecule has 0 saturated carbocycles. The Balaban J connectivity index is 2.14. The van der Waals surface area contributed by atoms with Crippen molar-refractivity contribution in [3.63, 3.8) is 0 Å². The summed E-state index contributed by atoms with van der Waals surface area (Å²) in [5, 5.41) is 14.8. The fourth-order valence-electron chi connectivity index (χ4n) is 4.35. The molecule has 3 aromatic carbocycles. The maximum atomic E-state index is 14.2. The SMILES string of the molecule is CCCNC(=O)[C@H](Cc1ccccc1)N(Cc1c(Cl)cccc1Cl)C(=O)CN(c1cc([N+](=O)[O-])ccc1C)S(C)(=O)=O. The second-order valence-corrected chi connectivity index (χ2v) is 12.4. The third kappa shape index (κ3) is 8.43. The minimum absolute atomic E-state index is 0.0224. The number of rotatable bonds is 13. The molecule has 2 amide bonds. The van der Waals surface area contributed by atoms with Crippen molar-refractivity contribution in [2.75, 3.05) is 23.7 Å². The minimum atomic E-state index is -4.11. The quantitative estimate of drug-likeness (QED) is 0.205. The van der Waals surface area contributed by atoms with Gasteiger partial charge in [-0.2, -0.15) is 0 Å². The molecule has 0 fully saturated rings. The first-order valence-electron chi connectivity index (χ1n) is 13.1. The van der Waals surface area contributed by atoms with Gasteiger partial charge in [0, 0.05) is 47.3 Å². The predicted octanol–water partition coefficient (Wildman–Crippen LogP) is 5.14. The number of hydrogen-bond acceptors (Lipinski definition) is 6. The van der Waals surface area contributed by atoms with Gasteiger partial charge >= 0.3 is 0 Å². The van der Waals surface area contributed by atoms with Crippen LogP contribution in [0.15, 0.2) is 66.7 Å². The van der Waals surface area contributed by atoms with Crippen LogP contribution in [0, 0.1) is 17.0 Å². The Morgan fingerprint density at radius 1 is 1.02 bits per heavy atom. The number of nitrogens with one attached hydrogen (secondary N) is 1. The van der Waals surface area contributed by atoms with Gasteiger partial charge in [-0.1, -0.05) is 72.6 Å². The summed E-state index contributed by atoms with van der Waals surface area (Å²) < 4.78 is 26.8. The average molecular weight is 636 g/mol. The third-order valence-corrected chi connectivity index (χ3v) is 8.40. The molecule has 3 aromatic rings. The lowest BCUT2D eigenvalue weighted by atomic mass is 10.0. The predicted molar refractivity (Wildman–Crippen MR) is 164 cm³/mol. The number of halogens is 2. The molecule has 3 rings (SSSR count). The van der Waals surface area contributed by atoms with E-state index in [4.69, 9.17) is 23.2 Å². The van der Waals surface area contributed by atoms with Crippen LogP contribution in [-0.4, -0.2) is 55.4 Å². The monoisotopic (exact) mass is 634 g/mol. The number of nitro benzene ring substituents is 1. The molecule has 0 unspecified atom stereocenters. The fourth-order valence-corrected chi connectivity index (χ4v) is 5.76. The van der Waals surface area contributed by atoms with E-state index in [1.165, 1.54) is 17.0 Å². The highest BCUT2D eigenvalue weighted by Gasteiger charge is 2.34. The third-order valence-electron chi connectivity index (χ3n) is 6.56. The van der Waals surface area contributed by atoms with Gasteiger partial charge in [0.05, 0.1) is 16.9 Å². The van der Waals surface area contributed by atoms with E-state index in [0.29, 0.717) is 24.1 Å². The number of non-ortho nitro benzene ring substituents is 1. The zero-order valence-corrected chi connectivity index (χ0v) is 25.7. The zero-order valence-electron chi connectivity index (χ0n) is 23.4. The normalized spacial score (nSPS) is 11.9. The molecule has 0 aliphatic rings. The van der Waals surface area contributed by atoms with Crippen LogP contribution >= 0.6 is 23.2 Å². The fraction of sp³-hybridized carbons (Fsp3) is 0.310. The van der Waals surface area contributed by atoms with E-state index < -0.39 is 39.3 Å². The van der Waals surface area contributed by atoms with E-state index in [0.717, 1.165) is 22.2 Å². The lowest BCUT2D eigenvalue weighted by Crippen LogP contribution is -2.53. The average Bonchev–Trinajstić information content (AvgIpc) is 2.93. The van der Waals surface area contributed by atoms with Crippen LogP contribution in [0.4, 0.5) is 11.4 Å². The van der Waals surface area contributed by atoms with E-state index in [1.54, 1.807) is 25.1 Å². The van der Waals surface area contributed by atoms with Crippen LogP contribution < -0.4 is 9.62 Å². The largest absolute Gasteiger partial charge is 0.354 e. The molecule has 0 bridgehead atoms. The second-order valence-electron chi connectivity index (χ2n) is 9.72. The Hall–Kier alpha value is -3.67. The molecule has 1 atom stereocenters. The number of hydrogen-bond donors (Lipinski definition) is 1. The molecule has 0 aliphatic carbocycles. The van der Waals surface area contributed by atoms with Gasteiger partial charge < -0.3 is 10.2 Å². The highest BCUT2D eigenvalue weighted by Crippen LogP contribution is 2.30. The van der Waals surface area contributed by atoms with Crippen LogP contribution in [0.3, 0.4) is 0 Å². The van der Waals surface area contributed by atoms with Crippen molar-refractivity contribution in [1.82, 2.24) is 10.2 Å². The molecule has 10 nitrogen and oxygen atoms in total. The summed E-state index contributed by atoms with van der Waals surface area (Å²) in [6.45, 7) is 2.92. The van der Waals surface area contributed by atoms with Gasteiger partial charge in [-0.3, -0.25) is 24.0 Å². The number of aryl methyl sites for hydroxylation is 1. The molecular formula is C29H32Cl2N4O6S. The van der Waals surface area contributed by atoms with Gasteiger partial charge in [0.1, 0.15) is 12.6 Å². The number of amides is 2. The maximum absolute atomic E-state index is 14.2. The van der Waals surface area contributed by atoms with Crippen molar-refractivity contribution in [2.45, 2.75) is 39.3 Å². The summed E-state index contributed by atoms with van der Waals surface area (Å²) in [5.41, 5.74) is 1.20. The lowest BCUT2D eigenvalue weighted by Gasteiger charge is -2.34. The molecule has 224 valence electrons.